The minimum absolute atomic E-state index is 0.0655. The molecule has 1 amide bonds. The first-order valence-electron chi connectivity index (χ1n) is 6.04. The molecule has 0 aliphatic carbocycles. The zero-order valence-electron chi connectivity index (χ0n) is 11.2. The standard InChI is InChI=1S/C13H18N2O4/c1-8(2)6-15-12(16)9(3)19-10-4-5-11(13(17)18)14-7-10/h4-5,7-9H,6H2,1-3H3,(H,15,16)(H,17,18). The van der Waals surface area contributed by atoms with Crippen LogP contribution in [0.5, 0.6) is 5.75 Å². The van der Waals surface area contributed by atoms with E-state index in [9.17, 15) is 9.59 Å². The summed E-state index contributed by atoms with van der Waals surface area (Å²) >= 11 is 0. The Morgan fingerprint density at radius 1 is 1.37 bits per heavy atom. The van der Waals surface area contributed by atoms with Crippen LogP contribution in [0.1, 0.15) is 31.3 Å². The fourth-order valence-corrected chi connectivity index (χ4v) is 1.28. The monoisotopic (exact) mass is 266 g/mol. The summed E-state index contributed by atoms with van der Waals surface area (Å²) in [5.74, 6) is -0.588. The predicted octanol–water partition coefficient (Wildman–Crippen LogP) is 1.32. The Hall–Kier alpha value is -2.11. The van der Waals surface area contributed by atoms with Crippen molar-refractivity contribution >= 4 is 11.9 Å². The molecule has 1 rings (SSSR count). The largest absolute Gasteiger partial charge is 0.479 e. The molecular formula is C13H18N2O4. The van der Waals surface area contributed by atoms with Crippen LogP contribution in [0, 0.1) is 5.92 Å². The number of ether oxygens (including phenoxy) is 1. The van der Waals surface area contributed by atoms with Crippen molar-refractivity contribution in [1.29, 1.82) is 0 Å². The number of pyridine rings is 1. The number of rotatable bonds is 6. The molecule has 0 spiro atoms. The average molecular weight is 266 g/mol. The third-order valence-electron chi connectivity index (χ3n) is 2.32. The van der Waals surface area contributed by atoms with E-state index < -0.39 is 12.1 Å². The molecule has 0 saturated carbocycles. The molecule has 0 radical (unpaired) electrons. The first-order valence-corrected chi connectivity index (χ1v) is 6.04. The molecule has 1 heterocycles. The van der Waals surface area contributed by atoms with Crippen LogP contribution in [0.2, 0.25) is 0 Å². The number of hydrogen-bond acceptors (Lipinski definition) is 4. The summed E-state index contributed by atoms with van der Waals surface area (Å²) in [6, 6.07) is 2.80. The zero-order chi connectivity index (χ0) is 14.4. The quantitative estimate of drug-likeness (QED) is 0.810. The first-order chi connectivity index (χ1) is 8.90. The lowest BCUT2D eigenvalue weighted by atomic mass is 10.2. The molecule has 2 N–H and O–H groups in total. The normalized spacial score (nSPS) is 12.0. The molecule has 1 unspecified atom stereocenters. The number of carboxylic acid groups (broad SMARTS) is 1. The SMILES string of the molecule is CC(C)CNC(=O)C(C)Oc1ccc(C(=O)O)nc1. The Balaban J connectivity index is 2.54. The highest BCUT2D eigenvalue weighted by molar-refractivity contribution is 5.85. The van der Waals surface area contributed by atoms with Gasteiger partial charge in [0.1, 0.15) is 11.4 Å². The van der Waals surface area contributed by atoms with E-state index in [0.29, 0.717) is 18.2 Å². The maximum absolute atomic E-state index is 11.7. The molecule has 0 saturated heterocycles. The predicted molar refractivity (Wildman–Crippen MR) is 69.1 cm³/mol. The highest BCUT2D eigenvalue weighted by Crippen LogP contribution is 2.11. The molecule has 6 heteroatoms. The summed E-state index contributed by atoms with van der Waals surface area (Å²) in [7, 11) is 0. The first kappa shape index (κ1) is 14.9. The van der Waals surface area contributed by atoms with Gasteiger partial charge in [-0.25, -0.2) is 9.78 Å². The molecule has 1 aromatic heterocycles. The Bertz CT molecular complexity index is 442. The number of nitrogens with one attached hydrogen (secondary N) is 1. The second kappa shape index (κ2) is 6.72. The number of hydrogen-bond donors (Lipinski definition) is 2. The van der Waals surface area contributed by atoms with Crippen LogP contribution in [0.25, 0.3) is 0 Å². The van der Waals surface area contributed by atoms with Gasteiger partial charge in [-0.1, -0.05) is 13.8 Å². The molecule has 1 aromatic rings. The van der Waals surface area contributed by atoms with Crippen LogP contribution >= 0.6 is 0 Å². The van der Waals surface area contributed by atoms with Crippen LogP contribution in [0.4, 0.5) is 0 Å². The lowest BCUT2D eigenvalue weighted by Crippen LogP contribution is -2.38. The molecule has 19 heavy (non-hydrogen) atoms. The van der Waals surface area contributed by atoms with Gasteiger partial charge in [0.15, 0.2) is 6.10 Å². The zero-order valence-corrected chi connectivity index (χ0v) is 11.2. The molecule has 0 bridgehead atoms. The maximum Gasteiger partial charge on any atom is 0.354 e. The van der Waals surface area contributed by atoms with E-state index in [1.54, 1.807) is 6.92 Å². The number of carbonyl (C=O) groups is 2. The number of carboxylic acids is 1. The van der Waals surface area contributed by atoms with E-state index in [1.165, 1.54) is 18.3 Å². The lowest BCUT2D eigenvalue weighted by molar-refractivity contribution is -0.127. The Labute approximate surface area is 111 Å². The van der Waals surface area contributed by atoms with Crippen molar-refractivity contribution in [3.05, 3.63) is 24.0 Å². The number of aromatic nitrogens is 1. The average Bonchev–Trinajstić information content (AvgIpc) is 2.36. The van der Waals surface area contributed by atoms with Crippen LogP contribution < -0.4 is 10.1 Å². The molecule has 0 fully saturated rings. The fourth-order valence-electron chi connectivity index (χ4n) is 1.28. The van der Waals surface area contributed by atoms with E-state index in [-0.39, 0.29) is 11.6 Å². The van der Waals surface area contributed by atoms with E-state index in [2.05, 4.69) is 10.3 Å². The Morgan fingerprint density at radius 3 is 2.53 bits per heavy atom. The van der Waals surface area contributed by atoms with Gasteiger partial charge in [-0.2, -0.15) is 0 Å². The number of carbonyl (C=O) groups excluding carboxylic acids is 1. The molecule has 0 aliphatic rings. The number of aromatic carboxylic acids is 1. The van der Waals surface area contributed by atoms with Crippen molar-refractivity contribution in [3.8, 4) is 5.75 Å². The van der Waals surface area contributed by atoms with Gasteiger partial charge in [-0.3, -0.25) is 4.79 Å². The fraction of sp³-hybridized carbons (Fsp3) is 0.462. The van der Waals surface area contributed by atoms with Crippen molar-refractivity contribution in [3.63, 3.8) is 0 Å². The van der Waals surface area contributed by atoms with Crippen molar-refractivity contribution in [2.24, 2.45) is 5.92 Å². The summed E-state index contributed by atoms with van der Waals surface area (Å²) in [6.07, 6.45) is 0.631. The molecule has 104 valence electrons. The van der Waals surface area contributed by atoms with Gasteiger partial charge >= 0.3 is 5.97 Å². The minimum atomic E-state index is -1.10. The van der Waals surface area contributed by atoms with Crippen molar-refractivity contribution < 1.29 is 19.4 Å². The highest BCUT2D eigenvalue weighted by atomic mass is 16.5. The van der Waals surface area contributed by atoms with Gasteiger partial charge in [0.25, 0.3) is 5.91 Å². The third-order valence-corrected chi connectivity index (χ3v) is 2.32. The summed E-state index contributed by atoms with van der Waals surface area (Å²) in [6.45, 7) is 6.21. The van der Waals surface area contributed by atoms with Crippen LogP contribution in [0.3, 0.4) is 0 Å². The van der Waals surface area contributed by atoms with Gasteiger partial charge in [-0.15, -0.1) is 0 Å². The van der Waals surface area contributed by atoms with Gasteiger partial charge in [0, 0.05) is 6.54 Å². The van der Waals surface area contributed by atoms with Gasteiger partial charge in [0.05, 0.1) is 6.20 Å². The lowest BCUT2D eigenvalue weighted by Gasteiger charge is -2.15. The maximum atomic E-state index is 11.7. The number of nitrogens with zero attached hydrogens (tertiary/aromatic N) is 1. The Kier molecular flexibility index (Phi) is 5.29. The summed E-state index contributed by atoms with van der Waals surface area (Å²) in [5, 5.41) is 11.5. The van der Waals surface area contributed by atoms with Gasteiger partial charge < -0.3 is 15.2 Å². The van der Waals surface area contributed by atoms with E-state index in [4.69, 9.17) is 9.84 Å². The van der Waals surface area contributed by atoms with E-state index >= 15 is 0 Å². The molecule has 1 atom stereocenters. The van der Waals surface area contributed by atoms with Gasteiger partial charge in [-0.05, 0) is 25.0 Å². The summed E-state index contributed by atoms with van der Waals surface area (Å²) in [4.78, 5) is 26.0. The Morgan fingerprint density at radius 2 is 2.05 bits per heavy atom. The molecule has 0 aromatic carbocycles. The summed E-state index contributed by atoms with van der Waals surface area (Å²) < 4.78 is 5.38. The van der Waals surface area contributed by atoms with Crippen molar-refractivity contribution in [2.75, 3.05) is 6.54 Å². The van der Waals surface area contributed by atoms with Crippen LogP contribution in [-0.4, -0.2) is 34.6 Å². The van der Waals surface area contributed by atoms with Crippen molar-refractivity contribution in [1.82, 2.24) is 10.3 Å². The van der Waals surface area contributed by atoms with Crippen LogP contribution in [0.15, 0.2) is 18.3 Å². The minimum Gasteiger partial charge on any atom is -0.479 e. The second-order valence-electron chi connectivity index (χ2n) is 4.58. The topological polar surface area (TPSA) is 88.5 Å². The molecular weight excluding hydrogens is 248 g/mol. The molecule has 6 nitrogen and oxygen atoms in total. The second-order valence-corrected chi connectivity index (χ2v) is 4.58. The van der Waals surface area contributed by atoms with Crippen molar-refractivity contribution in [2.45, 2.75) is 26.9 Å². The van der Waals surface area contributed by atoms with E-state index in [1.807, 2.05) is 13.8 Å². The third kappa shape index (κ3) is 4.95. The smallest absolute Gasteiger partial charge is 0.354 e. The highest BCUT2D eigenvalue weighted by Gasteiger charge is 2.15. The van der Waals surface area contributed by atoms with E-state index in [0.717, 1.165) is 0 Å². The van der Waals surface area contributed by atoms with Gasteiger partial charge in [0.2, 0.25) is 0 Å². The number of amides is 1. The molecule has 0 aliphatic heterocycles. The summed E-state index contributed by atoms with van der Waals surface area (Å²) in [5.41, 5.74) is -0.0655. The van der Waals surface area contributed by atoms with Crippen LogP contribution in [-0.2, 0) is 4.79 Å².